The maximum Gasteiger partial charge on any atom is 0.253 e. The molecule has 1 aliphatic rings. The first-order chi connectivity index (χ1) is 10.2. The Morgan fingerprint density at radius 1 is 0.905 bits per heavy atom. The van der Waals surface area contributed by atoms with Crippen LogP contribution in [0.1, 0.15) is 29.6 Å². The number of carbonyl (C=O) groups is 1. The predicted molar refractivity (Wildman–Crippen MR) is 86.0 cm³/mol. The molecule has 3 rings (SSSR count). The maximum absolute atomic E-state index is 12.5. The highest BCUT2D eigenvalue weighted by Crippen LogP contribution is 2.23. The second-order valence-corrected chi connectivity index (χ2v) is 5.56. The molecule has 0 unspecified atom stereocenters. The Kier molecular flexibility index (Phi) is 3.91. The number of nitrogen functional groups attached to an aromatic ring is 1. The van der Waals surface area contributed by atoms with Gasteiger partial charge in [-0.05, 0) is 54.7 Å². The van der Waals surface area contributed by atoms with E-state index in [0.717, 1.165) is 48.3 Å². The quantitative estimate of drug-likeness (QED) is 0.855. The maximum atomic E-state index is 12.5. The number of nitrogens with zero attached hydrogens (tertiary/aromatic N) is 1. The molecule has 1 heterocycles. The van der Waals surface area contributed by atoms with E-state index in [2.05, 4.69) is 0 Å². The van der Waals surface area contributed by atoms with Gasteiger partial charge in [-0.15, -0.1) is 0 Å². The molecule has 0 radical (unpaired) electrons. The molecule has 0 atom stereocenters. The van der Waals surface area contributed by atoms with E-state index in [1.165, 1.54) is 6.42 Å². The van der Waals surface area contributed by atoms with E-state index in [4.69, 9.17) is 5.73 Å². The summed E-state index contributed by atoms with van der Waals surface area (Å²) in [4.78, 5) is 14.5. The first-order valence-electron chi connectivity index (χ1n) is 7.49. The van der Waals surface area contributed by atoms with Gasteiger partial charge in [0.2, 0.25) is 0 Å². The topological polar surface area (TPSA) is 46.3 Å². The molecule has 108 valence electrons. The largest absolute Gasteiger partial charge is 0.399 e. The molecule has 1 amide bonds. The number of hydrogen-bond acceptors (Lipinski definition) is 2. The van der Waals surface area contributed by atoms with Crippen molar-refractivity contribution in [1.82, 2.24) is 4.90 Å². The van der Waals surface area contributed by atoms with Crippen LogP contribution in [0.3, 0.4) is 0 Å². The van der Waals surface area contributed by atoms with Gasteiger partial charge in [-0.2, -0.15) is 0 Å². The van der Waals surface area contributed by atoms with Gasteiger partial charge in [-0.1, -0.05) is 24.3 Å². The first-order valence-corrected chi connectivity index (χ1v) is 7.49. The van der Waals surface area contributed by atoms with Gasteiger partial charge < -0.3 is 10.6 Å². The molecular formula is C18H20N2O. The Hall–Kier alpha value is -2.29. The molecule has 0 aliphatic carbocycles. The van der Waals surface area contributed by atoms with E-state index >= 15 is 0 Å². The predicted octanol–water partition coefficient (Wildman–Crippen LogP) is 3.56. The van der Waals surface area contributed by atoms with E-state index in [1.54, 1.807) is 0 Å². The molecule has 0 spiro atoms. The fraction of sp³-hybridized carbons (Fsp3) is 0.278. The van der Waals surface area contributed by atoms with Crippen LogP contribution in [0.2, 0.25) is 0 Å². The van der Waals surface area contributed by atoms with Crippen molar-refractivity contribution in [2.75, 3.05) is 18.8 Å². The number of carbonyl (C=O) groups excluding carboxylic acids is 1. The minimum Gasteiger partial charge on any atom is -0.399 e. The number of rotatable bonds is 2. The molecule has 1 fully saturated rings. The highest BCUT2D eigenvalue weighted by molar-refractivity contribution is 5.95. The van der Waals surface area contributed by atoms with Crippen molar-refractivity contribution in [2.24, 2.45) is 0 Å². The van der Waals surface area contributed by atoms with Crippen molar-refractivity contribution in [3.63, 3.8) is 0 Å². The van der Waals surface area contributed by atoms with Crippen LogP contribution >= 0.6 is 0 Å². The van der Waals surface area contributed by atoms with Gasteiger partial charge in [0.25, 0.3) is 5.91 Å². The SMILES string of the molecule is Nc1ccc(-c2cccc(C(=O)N3CCCCC3)c2)cc1. The van der Waals surface area contributed by atoms with Crippen molar-refractivity contribution < 1.29 is 4.79 Å². The molecular weight excluding hydrogens is 260 g/mol. The van der Waals surface area contributed by atoms with Crippen molar-refractivity contribution in [2.45, 2.75) is 19.3 Å². The van der Waals surface area contributed by atoms with Crippen LogP contribution in [0.25, 0.3) is 11.1 Å². The Labute approximate surface area is 125 Å². The van der Waals surface area contributed by atoms with Crippen LogP contribution in [0.15, 0.2) is 48.5 Å². The zero-order valence-corrected chi connectivity index (χ0v) is 12.1. The first kappa shape index (κ1) is 13.7. The van der Waals surface area contributed by atoms with Crippen LogP contribution in [-0.2, 0) is 0 Å². The Morgan fingerprint density at radius 2 is 1.62 bits per heavy atom. The lowest BCUT2D eigenvalue weighted by Gasteiger charge is -2.26. The van der Waals surface area contributed by atoms with Gasteiger partial charge >= 0.3 is 0 Å². The lowest BCUT2D eigenvalue weighted by Crippen LogP contribution is -2.35. The van der Waals surface area contributed by atoms with Crippen molar-refractivity contribution >= 4 is 11.6 Å². The van der Waals surface area contributed by atoms with Gasteiger partial charge in [0.05, 0.1) is 0 Å². The lowest BCUT2D eigenvalue weighted by atomic mass is 10.0. The summed E-state index contributed by atoms with van der Waals surface area (Å²) in [6, 6.07) is 15.6. The number of nitrogens with two attached hydrogens (primary N) is 1. The number of likely N-dealkylation sites (tertiary alicyclic amines) is 1. The normalized spacial score (nSPS) is 15.0. The Bertz CT molecular complexity index is 628. The lowest BCUT2D eigenvalue weighted by molar-refractivity contribution is 0.0724. The van der Waals surface area contributed by atoms with Crippen LogP contribution in [0.5, 0.6) is 0 Å². The molecule has 1 saturated heterocycles. The molecule has 0 saturated carbocycles. The van der Waals surface area contributed by atoms with Gasteiger partial charge in [0, 0.05) is 24.3 Å². The van der Waals surface area contributed by atoms with Crippen molar-refractivity contribution in [1.29, 1.82) is 0 Å². The molecule has 2 aromatic carbocycles. The third kappa shape index (κ3) is 3.07. The molecule has 3 nitrogen and oxygen atoms in total. The van der Waals surface area contributed by atoms with E-state index in [-0.39, 0.29) is 5.91 Å². The summed E-state index contributed by atoms with van der Waals surface area (Å²) >= 11 is 0. The highest BCUT2D eigenvalue weighted by atomic mass is 16.2. The van der Waals surface area contributed by atoms with E-state index in [0.29, 0.717) is 0 Å². The summed E-state index contributed by atoms with van der Waals surface area (Å²) in [6.45, 7) is 1.76. The number of hydrogen-bond donors (Lipinski definition) is 1. The summed E-state index contributed by atoms with van der Waals surface area (Å²) in [5, 5.41) is 0. The standard InChI is InChI=1S/C18H20N2O/c19-17-9-7-14(8-10-17)15-5-4-6-16(13-15)18(21)20-11-2-1-3-12-20/h4-10,13H,1-3,11-12,19H2. The summed E-state index contributed by atoms with van der Waals surface area (Å²) in [6.07, 6.45) is 3.46. The molecule has 3 heteroatoms. The van der Waals surface area contributed by atoms with Gasteiger partial charge in [0.1, 0.15) is 0 Å². The molecule has 21 heavy (non-hydrogen) atoms. The minimum atomic E-state index is 0.145. The second-order valence-electron chi connectivity index (χ2n) is 5.56. The van der Waals surface area contributed by atoms with E-state index in [1.807, 2.05) is 53.4 Å². The van der Waals surface area contributed by atoms with Crippen LogP contribution in [-0.4, -0.2) is 23.9 Å². The number of piperidine rings is 1. The average Bonchev–Trinajstić information content (AvgIpc) is 2.56. The molecule has 0 aromatic heterocycles. The second kappa shape index (κ2) is 6.00. The summed E-state index contributed by atoms with van der Waals surface area (Å²) in [7, 11) is 0. The average molecular weight is 280 g/mol. The number of anilines is 1. The molecule has 1 aliphatic heterocycles. The number of benzene rings is 2. The van der Waals surface area contributed by atoms with Crippen molar-refractivity contribution in [3.8, 4) is 11.1 Å². The highest BCUT2D eigenvalue weighted by Gasteiger charge is 2.18. The van der Waals surface area contributed by atoms with Crippen LogP contribution < -0.4 is 5.73 Å². The van der Waals surface area contributed by atoms with Gasteiger partial charge in [-0.25, -0.2) is 0 Å². The minimum absolute atomic E-state index is 0.145. The zero-order chi connectivity index (χ0) is 14.7. The molecule has 2 aromatic rings. The van der Waals surface area contributed by atoms with Gasteiger partial charge in [-0.3, -0.25) is 4.79 Å². The van der Waals surface area contributed by atoms with Crippen molar-refractivity contribution in [3.05, 3.63) is 54.1 Å². The third-order valence-corrected chi connectivity index (χ3v) is 4.00. The fourth-order valence-corrected chi connectivity index (χ4v) is 2.79. The Balaban J connectivity index is 1.85. The number of amides is 1. The molecule has 2 N–H and O–H groups in total. The van der Waals surface area contributed by atoms with E-state index < -0.39 is 0 Å². The summed E-state index contributed by atoms with van der Waals surface area (Å²) in [5.74, 6) is 0.145. The van der Waals surface area contributed by atoms with E-state index in [9.17, 15) is 4.79 Å². The monoisotopic (exact) mass is 280 g/mol. The Morgan fingerprint density at radius 3 is 2.33 bits per heavy atom. The van der Waals surface area contributed by atoms with Gasteiger partial charge in [0.15, 0.2) is 0 Å². The van der Waals surface area contributed by atoms with Crippen LogP contribution in [0, 0.1) is 0 Å². The summed E-state index contributed by atoms with van der Waals surface area (Å²) in [5.41, 5.74) is 9.37. The van der Waals surface area contributed by atoms with Crippen LogP contribution in [0.4, 0.5) is 5.69 Å². The molecule has 0 bridgehead atoms. The zero-order valence-electron chi connectivity index (χ0n) is 12.1. The smallest absolute Gasteiger partial charge is 0.253 e. The fourth-order valence-electron chi connectivity index (χ4n) is 2.79. The summed E-state index contributed by atoms with van der Waals surface area (Å²) < 4.78 is 0. The third-order valence-electron chi connectivity index (χ3n) is 4.00.